The summed E-state index contributed by atoms with van der Waals surface area (Å²) in [6.45, 7) is 0.858. The van der Waals surface area contributed by atoms with Crippen molar-refractivity contribution in [1.29, 1.82) is 0 Å². The summed E-state index contributed by atoms with van der Waals surface area (Å²) in [6.07, 6.45) is -2.83. The molecule has 1 atom stereocenters. The van der Waals surface area contributed by atoms with Gasteiger partial charge in [0.2, 0.25) is 0 Å². The van der Waals surface area contributed by atoms with Crippen LogP contribution in [0.2, 0.25) is 0 Å². The topological polar surface area (TPSA) is 193 Å². The summed E-state index contributed by atoms with van der Waals surface area (Å²) in [6, 6.07) is -1.66. The molecule has 0 aromatic heterocycles. The molecule has 0 radical (unpaired) electrons. The van der Waals surface area contributed by atoms with Crippen molar-refractivity contribution < 1.29 is 44.0 Å². The van der Waals surface area contributed by atoms with Crippen LogP contribution in [0.1, 0.15) is 26.2 Å². The number of carboxylic acid groups (broad SMARTS) is 3. The standard InChI is InChI=1S/C13H20N2O9.4Na.4H/c1-7(16)24-12(23)11(15-3-2-14)13(4-8(17)18,5-9(19)20)6-10(21)22;;;;;;;;/h11,15H,2-6,14H2,1H3,(H,17,18)(H,19,20)(H,21,22);;;;;;;;. The minimum atomic E-state index is -2.05. The van der Waals surface area contributed by atoms with Crippen LogP contribution in [0.5, 0.6) is 0 Å². The second kappa shape index (κ2) is 20.4. The van der Waals surface area contributed by atoms with Gasteiger partial charge >= 0.3 is 148 Å². The van der Waals surface area contributed by atoms with Gasteiger partial charge in [-0.05, 0) is 0 Å². The third-order valence-electron chi connectivity index (χ3n) is 3.10. The number of carbonyl (C=O) groups excluding carboxylic acids is 2. The molecule has 0 bridgehead atoms. The first-order chi connectivity index (χ1) is 11.0. The Kier molecular flexibility index (Phi) is 29.0. The molecule has 0 saturated carbocycles. The van der Waals surface area contributed by atoms with Crippen LogP contribution in [0.15, 0.2) is 0 Å². The van der Waals surface area contributed by atoms with Crippen LogP contribution < -0.4 is 11.1 Å². The van der Waals surface area contributed by atoms with Crippen molar-refractivity contribution in [1.82, 2.24) is 5.32 Å². The van der Waals surface area contributed by atoms with Crippen LogP contribution in [0.3, 0.4) is 0 Å². The number of aliphatic carboxylic acids is 3. The third kappa shape index (κ3) is 16.2. The van der Waals surface area contributed by atoms with Crippen LogP contribution in [-0.2, 0) is 28.7 Å². The van der Waals surface area contributed by atoms with Gasteiger partial charge in [-0.2, -0.15) is 0 Å². The van der Waals surface area contributed by atoms with Crippen molar-refractivity contribution in [3.63, 3.8) is 0 Å². The SMILES string of the molecule is CC(=O)OC(=O)C(NCCN)C(CC(=O)O)(CC(=O)O)CC(=O)O.[NaH].[NaH].[NaH].[NaH]. The molecule has 0 aromatic rings. The average Bonchev–Trinajstić information content (AvgIpc) is 2.35. The number of carboxylic acids is 3. The molecule has 0 spiro atoms. The minimum absolute atomic E-state index is 0. The summed E-state index contributed by atoms with van der Waals surface area (Å²) < 4.78 is 4.40. The van der Waals surface area contributed by atoms with Crippen molar-refractivity contribution >= 4 is 148 Å². The number of hydrogen-bond donors (Lipinski definition) is 5. The molecule has 1 unspecified atom stereocenters. The van der Waals surface area contributed by atoms with E-state index in [9.17, 15) is 24.0 Å². The van der Waals surface area contributed by atoms with Crippen LogP contribution in [0.25, 0.3) is 0 Å². The summed E-state index contributed by atoms with van der Waals surface area (Å²) in [5.74, 6) is -6.79. The van der Waals surface area contributed by atoms with Gasteiger partial charge in [0.1, 0.15) is 6.04 Å². The van der Waals surface area contributed by atoms with E-state index in [0.29, 0.717) is 0 Å². The Morgan fingerprint density at radius 2 is 1.25 bits per heavy atom. The molecular formula is C13H24N2Na4O9. The second-order valence-corrected chi connectivity index (χ2v) is 5.16. The predicted octanol–water partition coefficient (Wildman–Crippen LogP) is -4.19. The Hall–Kier alpha value is 1.47. The quantitative estimate of drug-likeness (QED) is 0.118. The fourth-order valence-corrected chi connectivity index (χ4v) is 2.38. The van der Waals surface area contributed by atoms with E-state index >= 15 is 0 Å². The number of hydrogen-bond acceptors (Lipinski definition) is 8. The van der Waals surface area contributed by atoms with Gasteiger partial charge in [0, 0.05) is 25.4 Å². The molecule has 0 aromatic carbocycles. The van der Waals surface area contributed by atoms with Gasteiger partial charge in [0.05, 0.1) is 19.3 Å². The Labute approximate surface area is 250 Å². The van der Waals surface area contributed by atoms with Crippen LogP contribution in [-0.4, -0.2) is 183 Å². The van der Waals surface area contributed by atoms with Crippen molar-refractivity contribution in [3.8, 4) is 0 Å². The summed E-state index contributed by atoms with van der Waals surface area (Å²) in [5.41, 5.74) is 3.24. The summed E-state index contributed by atoms with van der Waals surface area (Å²) >= 11 is 0. The molecule has 0 fully saturated rings. The number of nitrogens with one attached hydrogen (secondary N) is 1. The number of esters is 2. The molecule has 28 heavy (non-hydrogen) atoms. The van der Waals surface area contributed by atoms with Crippen molar-refractivity contribution in [2.45, 2.75) is 32.2 Å². The van der Waals surface area contributed by atoms with E-state index in [0.717, 1.165) is 6.92 Å². The Morgan fingerprint density at radius 1 is 0.893 bits per heavy atom. The first kappa shape index (κ1) is 39.9. The van der Waals surface area contributed by atoms with Crippen LogP contribution in [0, 0.1) is 5.41 Å². The zero-order chi connectivity index (χ0) is 18.9. The third-order valence-corrected chi connectivity index (χ3v) is 3.10. The maximum atomic E-state index is 12.1. The van der Waals surface area contributed by atoms with Crippen LogP contribution in [0.4, 0.5) is 0 Å². The van der Waals surface area contributed by atoms with Gasteiger partial charge in [0.25, 0.3) is 0 Å². The summed E-state index contributed by atoms with van der Waals surface area (Å²) in [4.78, 5) is 56.5. The molecule has 0 aliphatic heterocycles. The average molecular weight is 444 g/mol. The van der Waals surface area contributed by atoms with Gasteiger partial charge in [-0.1, -0.05) is 0 Å². The fraction of sp³-hybridized carbons (Fsp3) is 0.615. The van der Waals surface area contributed by atoms with Gasteiger partial charge in [-0.15, -0.1) is 0 Å². The molecular weight excluding hydrogens is 420 g/mol. The van der Waals surface area contributed by atoms with E-state index in [1.807, 2.05) is 0 Å². The zero-order valence-corrected chi connectivity index (χ0v) is 13.0. The van der Waals surface area contributed by atoms with Crippen molar-refractivity contribution in [2.75, 3.05) is 13.1 Å². The van der Waals surface area contributed by atoms with E-state index in [4.69, 9.17) is 21.1 Å². The molecule has 11 nitrogen and oxygen atoms in total. The molecule has 15 heteroatoms. The van der Waals surface area contributed by atoms with Gasteiger partial charge in [-0.3, -0.25) is 19.2 Å². The first-order valence-electron chi connectivity index (χ1n) is 6.85. The molecule has 6 N–H and O–H groups in total. The number of carbonyl (C=O) groups is 5. The summed E-state index contributed by atoms with van der Waals surface area (Å²) in [5, 5.41) is 29.7. The molecule has 144 valence electrons. The van der Waals surface area contributed by atoms with E-state index < -0.39 is 60.6 Å². The molecule has 0 aliphatic rings. The molecule has 0 amide bonds. The van der Waals surface area contributed by atoms with E-state index in [2.05, 4.69) is 10.1 Å². The van der Waals surface area contributed by atoms with E-state index in [1.54, 1.807) is 0 Å². The molecule has 0 rings (SSSR count). The molecule has 0 aliphatic carbocycles. The fourth-order valence-electron chi connectivity index (χ4n) is 2.38. The number of rotatable bonds is 11. The monoisotopic (exact) mass is 444 g/mol. The zero-order valence-electron chi connectivity index (χ0n) is 13.0. The molecule has 0 saturated heterocycles. The molecule has 0 heterocycles. The second-order valence-electron chi connectivity index (χ2n) is 5.16. The maximum absolute atomic E-state index is 12.1. The first-order valence-corrected chi connectivity index (χ1v) is 6.85. The van der Waals surface area contributed by atoms with E-state index in [1.165, 1.54) is 0 Å². The van der Waals surface area contributed by atoms with Gasteiger partial charge in [0.15, 0.2) is 0 Å². The Bertz CT molecular complexity index is 493. The van der Waals surface area contributed by atoms with Gasteiger partial charge < -0.3 is 31.1 Å². The predicted molar refractivity (Wildman–Crippen MR) is 105 cm³/mol. The van der Waals surface area contributed by atoms with Crippen LogP contribution >= 0.6 is 0 Å². The Morgan fingerprint density at radius 3 is 1.50 bits per heavy atom. The number of ether oxygens (including phenoxy) is 1. The van der Waals surface area contributed by atoms with Gasteiger partial charge in [-0.25, -0.2) is 4.79 Å². The number of nitrogens with two attached hydrogens (primary N) is 1. The Balaban J connectivity index is -0.000000441. The normalized spacial score (nSPS) is 10.5. The van der Waals surface area contributed by atoms with Crippen molar-refractivity contribution in [3.05, 3.63) is 0 Å². The summed E-state index contributed by atoms with van der Waals surface area (Å²) in [7, 11) is 0. The van der Waals surface area contributed by atoms with Crippen molar-refractivity contribution in [2.24, 2.45) is 11.1 Å². The van der Waals surface area contributed by atoms with E-state index in [-0.39, 0.29) is 131 Å².